The van der Waals surface area contributed by atoms with E-state index in [4.69, 9.17) is 5.73 Å². The van der Waals surface area contributed by atoms with Gasteiger partial charge in [-0.15, -0.1) is 0 Å². The molecule has 2 rings (SSSR count). The van der Waals surface area contributed by atoms with E-state index in [-0.39, 0.29) is 17.1 Å². The Hall–Kier alpha value is -1.95. The van der Waals surface area contributed by atoms with E-state index in [0.29, 0.717) is 12.1 Å². The highest BCUT2D eigenvalue weighted by Crippen LogP contribution is 2.30. The van der Waals surface area contributed by atoms with Gasteiger partial charge in [0.15, 0.2) is 0 Å². The van der Waals surface area contributed by atoms with E-state index in [9.17, 15) is 14.9 Å². The van der Waals surface area contributed by atoms with Crippen LogP contribution in [-0.4, -0.2) is 22.9 Å². The number of hydrogen-bond donors (Lipinski definition) is 2. The second kappa shape index (κ2) is 6.22. The lowest BCUT2D eigenvalue weighted by Crippen LogP contribution is -2.52. The van der Waals surface area contributed by atoms with Gasteiger partial charge in [-0.05, 0) is 25.3 Å². The van der Waals surface area contributed by atoms with Crippen LogP contribution in [0.25, 0.3) is 0 Å². The average Bonchev–Trinajstić information content (AvgIpc) is 2.95. The van der Waals surface area contributed by atoms with E-state index in [0.717, 1.165) is 25.7 Å². The molecule has 6 heteroatoms. The molecule has 1 fully saturated rings. The number of nitrogens with two attached hydrogens (primary N) is 1. The summed E-state index contributed by atoms with van der Waals surface area (Å²) in [6.07, 6.45) is 3.94. The highest BCUT2D eigenvalue weighted by atomic mass is 16.6. The molecule has 6 nitrogen and oxygen atoms in total. The summed E-state index contributed by atoms with van der Waals surface area (Å²) in [6.45, 7) is 2.19. The summed E-state index contributed by atoms with van der Waals surface area (Å²) in [5.41, 5.74) is 6.16. The number of nitrogens with zero attached hydrogens (tertiary/aromatic N) is 1. The number of amides is 1. The lowest BCUT2D eigenvalue weighted by Gasteiger charge is -2.30. The lowest BCUT2D eigenvalue weighted by atomic mass is 9.94. The molecule has 1 atom stereocenters. The molecule has 114 valence electrons. The van der Waals surface area contributed by atoms with Gasteiger partial charge in [-0.2, -0.15) is 0 Å². The highest BCUT2D eigenvalue weighted by Gasteiger charge is 2.35. The summed E-state index contributed by atoms with van der Waals surface area (Å²) in [5, 5.41) is 13.9. The minimum atomic E-state index is -0.452. The Labute approximate surface area is 123 Å². The van der Waals surface area contributed by atoms with E-state index >= 15 is 0 Å². The first-order chi connectivity index (χ1) is 9.97. The molecule has 0 spiro atoms. The summed E-state index contributed by atoms with van der Waals surface area (Å²) < 4.78 is 0. The molecule has 21 heavy (non-hydrogen) atoms. The molecule has 3 N–H and O–H groups in total. The topological polar surface area (TPSA) is 98.3 Å². The predicted molar refractivity (Wildman–Crippen MR) is 79.9 cm³/mol. The van der Waals surface area contributed by atoms with Crippen LogP contribution in [0.4, 0.5) is 5.69 Å². The second-order valence-corrected chi connectivity index (χ2v) is 5.75. The molecule has 1 unspecified atom stereocenters. The van der Waals surface area contributed by atoms with Gasteiger partial charge < -0.3 is 11.1 Å². The zero-order valence-electron chi connectivity index (χ0n) is 12.2. The minimum absolute atomic E-state index is 0.00144. The van der Waals surface area contributed by atoms with E-state index in [1.54, 1.807) is 19.1 Å². The Morgan fingerprint density at radius 3 is 2.71 bits per heavy atom. The Bertz CT molecular complexity index is 539. The first-order valence-corrected chi connectivity index (χ1v) is 7.24. The molecule has 0 aliphatic heterocycles. The van der Waals surface area contributed by atoms with Crippen LogP contribution < -0.4 is 11.1 Å². The summed E-state index contributed by atoms with van der Waals surface area (Å²) in [4.78, 5) is 22.8. The van der Waals surface area contributed by atoms with Crippen LogP contribution >= 0.6 is 0 Å². The Kier molecular flexibility index (Phi) is 4.57. The van der Waals surface area contributed by atoms with Crippen LogP contribution in [0.15, 0.2) is 24.3 Å². The summed E-state index contributed by atoms with van der Waals surface area (Å²) in [7, 11) is 0. The third kappa shape index (κ3) is 3.39. The molecular formula is C15H21N3O3. The number of nitrogens with one attached hydrogen (secondary N) is 1. The maximum Gasteiger partial charge on any atom is 0.269 e. The van der Waals surface area contributed by atoms with Crippen LogP contribution in [0.2, 0.25) is 0 Å². The van der Waals surface area contributed by atoms with Crippen molar-refractivity contribution in [2.45, 2.75) is 44.1 Å². The number of benzene rings is 1. The van der Waals surface area contributed by atoms with Crippen LogP contribution in [0.3, 0.4) is 0 Å². The van der Waals surface area contributed by atoms with Crippen molar-refractivity contribution in [3.05, 3.63) is 39.9 Å². The number of nitro benzene ring substituents is 1. The van der Waals surface area contributed by atoms with Crippen molar-refractivity contribution >= 4 is 11.6 Å². The summed E-state index contributed by atoms with van der Waals surface area (Å²) in [6, 6.07) is 6.22. The number of hydrogen-bond acceptors (Lipinski definition) is 4. The molecule has 1 aromatic carbocycles. The van der Waals surface area contributed by atoms with Crippen LogP contribution in [0.5, 0.6) is 0 Å². The van der Waals surface area contributed by atoms with Gasteiger partial charge in [-0.1, -0.05) is 25.0 Å². The lowest BCUT2D eigenvalue weighted by molar-refractivity contribution is -0.384. The second-order valence-electron chi connectivity index (χ2n) is 5.75. The van der Waals surface area contributed by atoms with Crippen molar-refractivity contribution in [2.24, 2.45) is 5.73 Å². The van der Waals surface area contributed by atoms with E-state index in [1.165, 1.54) is 12.1 Å². The van der Waals surface area contributed by atoms with E-state index in [2.05, 4.69) is 5.32 Å². The van der Waals surface area contributed by atoms with Gasteiger partial charge in [0.2, 0.25) is 5.91 Å². The molecule has 1 saturated carbocycles. The molecule has 0 saturated heterocycles. The molecule has 0 bridgehead atoms. The van der Waals surface area contributed by atoms with Crippen molar-refractivity contribution in [1.29, 1.82) is 0 Å². The molecule has 1 aliphatic carbocycles. The van der Waals surface area contributed by atoms with Gasteiger partial charge in [-0.25, -0.2) is 0 Å². The van der Waals surface area contributed by atoms with Gasteiger partial charge in [0, 0.05) is 18.7 Å². The molecule has 0 radical (unpaired) electrons. The monoisotopic (exact) mass is 291 g/mol. The number of carbonyl (C=O) groups is 1. The first-order valence-electron chi connectivity index (χ1n) is 7.24. The predicted octanol–water partition coefficient (Wildman–Crippen LogP) is 2.09. The first kappa shape index (κ1) is 15.4. The zero-order valence-corrected chi connectivity index (χ0v) is 12.2. The Balaban J connectivity index is 2.12. The fourth-order valence-electron chi connectivity index (χ4n) is 2.86. The van der Waals surface area contributed by atoms with Crippen molar-refractivity contribution in [1.82, 2.24) is 5.32 Å². The van der Waals surface area contributed by atoms with Gasteiger partial charge >= 0.3 is 0 Å². The molecular weight excluding hydrogens is 270 g/mol. The van der Waals surface area contributed by atoms with E-state index in [1.807, 2.05) is 0 Å². The largest absolute Gasteiger partial charge is 0.349 e. The number of rotatable bonds is 5. The average molecular weight is 291 g/mol. The van der Waals surface area contributed by atoms with Crippen LogP contribution in [-0.2, 0) is 4.79 Å². The van der Waals surface area contributed by atoms with Gasteiger partial charge in [0.1, 0.15) is 0 Å². The SMILES string of the molecule is CC(C(=O)NC1(CN)CCCC1)c1cccc([N+](=O)[O-])c1. The van der Waals surface area contributed by atoms with Crippen LogP contribution in [0.1, 0.15) is 44.1 Å². The molecule has 0 heterocycles. The molecule has 0 aromatic heterocycles. The van der Waals surface area contributed by atoms with Crippen molar-refractivity contribution in [3.63, 3.8) is 0 Å². The third-order valence-corrected chi connectivity index (χ3v) is 4.31. The summed E-state index contributed by atoms with van der Waals surface area (Å²) >= 11 is 0. The van der Waals surface area contributed by atoms with Crippen LogP contribution in [0, 0.1) is 10.1 Å². The number of carbonyl (C=O) groups excluding carboxylic acids is 1. The molecule has 1 aromatic rings. The van der Waals surface area contributed by atoms with Gasteiger partial charge in [0.25, 0.3) is 5.69 Å². The third-order valence-electron chi connectivity index (χ3n) is 4.31. The molecule has 1 aliphatic rings. The normalized spacial score (nSPS) is 18.2. The van der Waals surface area contributed by atoms with Crippen molar-refractivity contribution in [2.75, 3.05) is 6.54 Å². The number of nitro groups is 1. The highest BCUT2D eigenvalue weighted by molar-refractivity contribution is 5.84. The van der Waals surface area contributed by atoms with E-state index < -0.39 is 10.8 Å². The quantitative estimate of drug-likeness (QED) is 0.641. The van der Waals surface area contributed by atoms with Gasteiger partial charge in [-0.3, -0.25) is 14.9 Å². The number of non-ortho nitro benzene ring substituents is 1. The maximum atomic E-state index is 12.4. The standard InChI is InChI=1S/C15H21N3O3/c1-11(12-5-4-6-13(9-12)18(20)21)14(19)17-15(10-16)7-2-3-8-15/h4-6,9,11H,2-3,7-8,10,16H2,1H3,(H,17,19). The van der Waals surface area contributed by atoms with Gasteiger partial charge in [0.05, 0.1) is 16.4 Å². The Morgan fingerprint density at radius 1 is 1.48 bits per heavy atom. The summed E-state index contributed by atoms with van der Waals surface area (Å²) in [5.74, 6) is -0.559. The zero-order chi connectivity index (χ0) is 15.5. The minimum Gasteiger partial charge on any atom is -0.349 e. The fourth-order valence-corrected chi connectivity index (χ4v) is 2.86. The van der Waals surface area contributed by atoms with Crippen molar-refractivity contribution < 1.29 is 9.72 Å². The maximum absolute atomic E-state index is 12.4. The smallest absolute Gasteiger partial charge is 0.269 e. The Morgan fingerprint density at radius 2 is 2.14 bits per heavy atom. The molecule has 1 amide bonds. The fraction of sp³-hybridized carbons (Fsp3) is 0.533. The van der Waals surface area contributed by atoms with Crippen molar-refractivity contribution in [3.8, 4) is 0 Å².